The van der Waals surface area contributed by atoms with Gasteiger partial charge < -0.3 is 11.1 Å². The number of hydrogen-bond acceptors (Lipinski definition) is 2. The molecule has 3 N–H and O–H groups in total. The number of carbonyl (C=O) groups is 1. The molecule has 0 aliphatic heterocycles. The van der Waals surface area contributed by atoms with E-state index in [-0.39, 0.29) is 11.9 Å². The van der Waals surface area contributed by atoms with E-state index in [1.165, 1.54) is 0 Å². The standard InChI is InChI=1S/C10H22N2O/c1-5-8(4)9(10(11)13)12-6-7(2)3/h7-9,12H,5-6H2,1-4H3,(H2,11,13)/t8-,9-/m0/s1. The van der Waals surface area contributed by atoms with Crippen molar-refractivity contribution in [2.75, 3.05) is 6.54 Å². The highest BCUT2D eigenvalue weighted by Crippen LogP contribution is 2.07. The highest BCUT2D eigenvalue weighted by atomic mass is 16.1. The van der Waals surface area contributed by atoms with Crippen LogP contribution in [-0.2, 0) is 4.79 Å². The van der Waals surface area contributed by atoms with Crippen LogP contribution in [0.2, 0.25) is 0 Å². The van der Waals surface area contributed by atoms with Gasteiger partial charge in [0.05, 0.1) is 6.04 Å². The second-order valence-corrected chi connectivity index (χ2v) is 4.07. The molecule has 0 radical (unpaired) electrons. The lowest BCUT2D eigenvalue weighted by Crippen LogP contribution is -2.46. The molecule has 0 saturated heterocycles. The van der Waals surface area contributed by atoms with Gasteiger partial charge in [0.1, 0.15) is 0 Å². The molecular weight excluding hydrogens is 164 g/mol. The van der Waals surface area contributed by atoms with Gasteiger partial charge in [0.25, 0.3) is 0 Å². The smallest absolute Gasteiger partial charge is 0.234 e. The number of hydrogen-bond donors (Lipinski definition) is 2. The number of nitrogens with one attached hydrogen (secondary N) is 1. The molecule has 0 bridgehead atoms. The fourth-order valence-corrected chi connectivity index (χ4v) is 1.18. The van der Waals surface area contributed by atoms with Gasteiger partial charge in [-0.05, 0) is 18.4 Å². The van der Waals surface area contributed by atoms with Crippen molar-refractivity contribution < 1.29 is 4.79 Å². The van der Waals surface area contributed by atoms with E-state index in [9.17, 15) is 4.79 Å². The Morgan fingerprint density at radius 2 is 1.92 bits per heavy atom. The van der Waals surface area contributed by atoms with Gasteiger partial charge in [0, 0.05) is 0 Å². The highest BCUT2D eigenvalue weighted by molar-refractivity contribution is 5.80. The molecule has 0 saturated carbocycles. The first-order valence-electron chi connectivity index (χ1n) is 5.01. The van der Waals surface area contributed by atoms with Gasteiger partial charge in [-0.3, -0.25) is 4.79 Å². The minimum absolute atomic E-state index is 0.174. The summed E-state index contributed by atoms with van der Waals surface area (Å²) in [5, 5.41) is 3.19. The van der Waals surface area contributed by atoms with E-state index < -0.39 is 0 Å². The maximum absolute atomic E-state index is 11.1. The monoisotopic (exact) mass is 186 g/mol. The molecule has 3 heteroatoms. The minimum Gasteiger partial charge on any atom is -0.368 e. The topological polar surface area (TPSA) is 55.1 Å². The van der Waals surface area contributed by atoms with Gasteiger partial charge in [0.15, 0.2) is 0 Å². The number of amides is 1. The SMILES string of the molecule is CC[C@H](C)[C@H](NCC(C)C)C(N)=O. The van der Waals surface area contributed by atoms with Crippen LogP contribution >= 0.6 is 0 Å². The molecule has 0 fully saturated rings. The molecule has 0 unspecified atom stereocenters. The van der Waals surface area contributed by atoms with Crippen molar-refractivity contribution in [3.05, 3.63) is 0 Å². The Balaban J connectivity index is 4.02. The van der Waals surface area contributed by atoms with Crippen LogP contribution in [0.4, 0.5) is 0 Å². The lowest BCUT2D eigenvalue weighted by molar-refractivity contribution is -0.121. The Kier molecular flexibility index (Phi) is 5.71. The van der Waals surface area contributed by atoms with Gasteiger partial charge >= 0.3 is 0 Å². The number of nitrogens with two attached hydrogens (primary N) is 1. The third-order valence-corrected chi connectivity index (χ3v) is 2.27. The Hall–Kier alpha value is -0.570. The van der Waals surface area contributed by atoms with E-state index in [1.54, 1.807) is 0 Å². The maximum atomic E-state index is 11.1. The molecule has 1 amide bonds. The Labute approximate surface area is 81.1 Å². The molecule has 0 aliphatic carbocycles. The summed E-state index contributed by atoms with van der Waals surface area (Å²) >= 11 is 0. The summed E-state index contributed by atoms with van der Waals surface area (Å²) in [5.74, 6) is 0.622. The summed E-state index contributed by atoms with van der Waals surface area (Å²) in [6.07, 6.45) is 0.971. The van der Waals surface area contributed by atoms with Crippen molar-refractivity contribution >= 4 is 5.91 Å². The zero-order chi connectivity index (χ0) is 10.4. The molecule has 0 spiro atoms. The van der Waals surface area contributed by atoms with Crippen LogP contribution in [0.5, 0.6) is 0 Å². The lowest BCUT2D eigenvalue weighted by Gasteiger charge is -2.22. The van der Waals surface area contributed by atoms with Crippen LogP contribution in [0.3, 0.4) is 0 Å². The quantitative estimate of drug-likeness (QED) is 0.653. The Bertz CT molecular complexity index is 157. The van der Waals surface area contributed by atoms with Crippen LogP contribution in [0.25, 0.3) is 0 Å². The number of primary amides is 1. The first kappa shape index (κ1) is 12.4. The van der Waals surface area contributed by atoms with Crippen LogP contribution < -0.4 is 11.1 Å². The summed E-state index contributed by atoms with van der Waals surface area (Å²) in [4.78, 5) is 11.1. The fourth-order valence-electron chi connectivity index (χ4n) is 1.18. The average Bonchev–Trinajstić information content (AvgIpc) is 2.03. The van der Waals surface area contributed by atoms with Crippen molar-refractivity contribution in [2.45, 2.75) is 40.2 Å². The van der Waals surface area contributed by atoms with Gasteiger partial charge in [-0.1, -0.05) is 34.1 Å². The normalized spacial score (nSPS) is 15.8. The third kappa shape index (κ3) is 4.88. The van der Waals surface area contributed by atoms with Crippen molar-refractivity contribution in [1.82, 2.24) is 5.32 Å². The zero-order valence-electron chi connectivity index (χ0n) is 9.13. The first-order valence-corrected chi connectivity index (χ1v) is 5.01. The first-order chi connectivity index (χ1) is 5.99. The molecular formula is C10H22N2O. The van der Waals surface area contributed by atoms with Crippen LogP contribution in [0, 0.1) is 11.8 Å². The second kappa shape index (κ2) is 5.97. The van der Waals surface area contributed by atoms with Crippen LogP contribution in [0.1, 0.15) is 34.1 Å². The van der Waals surface area contributed by atoms with Crippen molar-refractivity contribution in [2.24, 2.45) is 17.6 Å². The second-order valence-electron chi connectivity index (χ2n) is 4.07. The predicted octanol–water partition coefficient (Wildman–Crippen LogP) is 1.13. The molecule has 0 heterocycles. The van der Waals surface area contributed by atoms with Crippen LogP contribution in [0.15, 0.2) is 0 Å². The van der Waals surface area contributed by atoms with Crippen molar-refractivity contribution in [1.29, 1.82) is 0 Å². The van der Waals surface area contributed by atoms with Crippen molar-refractivity contribution in [3.8, 4) is 0 Å². The largest absolute Gasteiger partial charge is 0.368 e. The van der Waals surface area contributed by atoms with E-state index in [1.807, 2.05) is 6.92 Å². The molecule has 0 aromatic rings. The Morgan fingerprint density at radius 1 is 1.38 bits per heavy atom. The maximum Gasteiger partial charge on any atom is 0.234 e. The summed E-state index contributed by atoms with van der Waals surface area (Å²) in [7, 11) is 0. The van der Waals surface area contributed by atoms with E-state index in [0.29, 0.717) is 11.8 Å². The summed E-state index contributed by atoms with van der Waals surface area (Å²) in [6.45, 7) is 9.18. The molecule has 78 valence electrons. The molecule has 2 atom stereocenters. The van der Waals surface area contributed by atoms with E-state index in [2.05, 4.69) is 26.1 Å². The molecule has 0 aromatic heterocycles. The number of rotatable bonds is 6. The summed E-state index contributed by atoms with van der Waals surface area (Å²) in [5.41, 5.74) is 5.30. The van der Waals surface area contributed by atoms with Crippen LogP contribution in [-0.4, -0.2) is 18.5 Å². The fraction of sp³-hybridized carbons (Fsp3) is 0.900. The molecule has 0 rings (SSSR count). The lowest BCUT2D eigenvalue weighted by atomic mass is 9.98. The number of carbonyl (C=O) groups excluding carboxylic acids is 1. The Morgan fingerprint density at radius 3 is 2.23 bits per heavy atom. The average molecular weight is 186 g/mol. The predicted molar refractivity (Wildman–Crippen MR) is 55.3 cm³/mol. The molecule has 0 aromatic carbocycles. The van der Waals surface area contributed by atoms with E-state index >= 15 is 0 Å². The van der Waals surface area contributed by atoms with Gasteiger partial charge in [-0.2, -0.15) is 0 Å². The third-order valence-electron chi connectivity index (χ3n) is 2.27. The molecule has 3 nitrogen and oxygen atoms in total. The zero-order valence-corrected chi connectivity index (χ0v) is 9.13. The minimum atomic E-state index is -0.241. The molecule has 0 aliphatic rings. The molecule has 13 heavy (non-hydrogen) atoms. The highest BCUT2D eigenvalue weighted by Gasteiger charge is 2.20. The summed E-state index contributed by atoms with van der Waals surface area (Å²) in [6, 6.07) is -0.174. The van der Waals surface area contributed by atoms with Gasteiger partial charge in [0.2, 0.25) is 5.91 Å². The van der Waals surface area contributed by atoms with E-state index in [4.69, 9.17) is 5.73 Å². The van der Waals surface area contributed by atoms with Gasteiger partial charge in [-0.15, -0.1) is 0 Å². The summed E-state index contributed by atoms with van der Waals surface area (Å²) < 4.78 is 0. The van der Waals surface area contributed by atoms with Crippen molar-refractivity contribution in [3.63, 3.8) is 0 Å². The van der Waals surface area contributed by atoms with E-state index in [0.717, 1.165) is 13.0 Å². The van der Waals surface area contributed by atoms with Gasteiger partial charge in [-0.25, -0.2) is 0 Å².